The molecule has 0 amide bonds. The summed E-state index contributed by atoms with van der Waals surface area (Å²) in [5, 5.41) is 14.1. The van der Waals surface area contributed by atoms with Gasteiger partial charge < -0.3 is 10.3 Å². The Labute approximate surface area is 170 Å². The molecule has 0 spiro atoms. The van der Waals surface area contributed by atoms with Crippen LogP contribution in [0.25, 0.3) is 49.5 Å². The fourth-order valence-electron chi connectivity index (χ4n) is 3.90. The summed E-state index contributed by atoms with van der Waals surface area (Å²) in [4.78, 5) is 14.2. The summed E-state index contributed by atoms with van der Waals surface area (Å²) in [6.07, 6.45) is 5.07. The van der Waals surface area contributed by atoms with E-state index in [-0.39, 0.29) is 0 Å². The second-order valence-corrected chi connectivity index (χ2v) is 8.08. The van der Waals surface area contributed by atoms with Crippen LogP contribution >= 0.6 is 11.3 Å². The van der Waals surface area contributed by atoms with Crippen LogP contribution in [0.2, 0.25) is 0 Å². The van der Waals surface area contributed by atoms with Gasteiger partial charge in [0.1, 0.15) is 5.69 Å². The van der Waals surface area contributed by atoms with E-state index >= 15 is 0 Å². The van der Waals surface area contributed by atoms with E-state index in [1.165, 1.54) is 10.5 Å². The first-order valence-electron chi connectivity index (χ1n) is 9.64. The Balaban J connectivity index is 1.50. The number of thiophene rings is 1. The maximum Gasteiger partial charge on any atom is 0.159 e. The third kappa shape index (κ3) is 2.78. The number of aromatic amines is 2. The molecule has 5 aromatic rings. The van der Waals surface area contributed by atoms with E-state index in [4.69, 9.17) is 4.98 Å². The molecule has 0 unspecified atom stereocenters. The molecule has 0 atom stereocenters. The van der Waals surface area contributed by atoms with Crippen molar-refractivity contribution in [1.29, 1.82) is 0 Å². The third-order valence-corrected chi connectivity index (χ3v) is 6.27. The van der Waals surface area contributed by atoms with E-state index < -0.39 is 0 Å². The monoisotopic (exact) mass is 398 g/mol. The lowest BCUT2D eigenvalue weighted by atomic mass is 10.0. The zero-order chi connectivity index (χ0) is 19.2. The van der Waals surface area contributed by atoms with Crippen LogP contribution in [-0.4, -0.2) is 38.2 Å². The number of benzene rings is 1. The zero-order valence-corrected chi connectivity index (χ0v) is 16.4. The molecule has 29 heavy (non-hydrogen) atoms. The molecule has 1 aliphatic heterocycles. The first kappa shape index (κ1) is 16.6. The first-order valence-corrected chi connectivity index (χ1v) is 10.5. The lowest BCUT2D eigenvalue weighted by molar-refractivity contribution is 0.737. The van der Waals surface area contributed by atoms with Gasteiger partial charge >= 0.3 is 0 Å². The van der Waals surface area contributed by atoms with E-state index in [1.54, 1.807) is 11.3 Å². The summed E-state index contributed by atoms with van der Waals surface area (Å²) in [7, 11) is 0. The van der Waals surface area contributed by atoms with E-state index in [9.17, 15) is 0 Å². The van der Waals surface area contributed by atoms with Crippen molar-refractivity contribution in [3.8, 4) is 22.0 Å². The van der Waals surface area contributed by atoms with Crippen molar-refractivity contribution < 1.29 is 0 Å². The SMILES string of the molecule is C1=C(c2cc3c(-c4nc5c(-c6cccs6)cccc5[nH]4)n[nH]c3cn2)CCNC1. The van der Waals surface area contributed by atoms with Crippen LogP contribution < -0.4 is 5.32 Å². The average molecular weight is 398 g/mol. The number of nitrogens with zero attached hydrogens (tertiary/aromatic N) is 3. The molecule has 0 radical (unpaired) electrons. The van der Waals surface area contributed by atoms with Gasteiger partial charge in [0.2, 0.25) is 0 Å². The molecule has 0 aliphatic carbocycles. The molecule has 3 N–H and O–H groups in total. The van der Waals surface area contributed by atoms with Crippen LogP contribution in [-0.2, 0) is 0 Å². The van der Waals surface area contributed by atoms with Gasteiger partial charge in [-0.15, -0.1) is 11.3 Å². The molecular formula is C22H18N6S. The summed E-state index contributed by atoms with van der Waals surface area (Å²) in [6.45, 7) is 1.88. The van der Waals surface area contributed by atoms with Gasteiger partial charge in [-0.25, -0.2) is 4.98 Å². The summed E-state index contributed by atoms with van der Waals surface area (Å²) >= 11 is 1.72. The Morgan fingerprint density at radius 2 is 2.07 bits per heavy atom. The molecule has 0 saturated heterocycles. The fraction of sp³-hybridized carbons (Fsp3) is 0.136. The number of fused-ring (bicyclic) bond motifs is 2. The smallest absolute Gasteiger partial charge is 0.159 e. The summed E-state index contributed by atoms with van der Waals surface area (Å²) < 4.78 is 0. The lowest BCUT2D eigenvalue weighted by Crippen LogP contribution is -2.20. The van der Waals surface area contributed by atoms with Gasteiger partial charge in [-0.2, -0.15) is 5.10 Å². The summed E-state index contributed by atoms with van der Waals surface area (Å²) in [6, 6.07) is 12.6. The molecule has 5 heterocycles. The number of hydrogen-bond donors (Lipinski definition) is 3. The number of rotatable bonds is 3. The second kappa shape index (κ2) is 6.65. The van der Waals surface area contributed by atoms with Crippen LogP contribution in [0.1, 0.15) is 12.1 Å². The van der Waals surface area contributed by atoms with Crippen molar-refractivity contribution in [3.05, 3.63) is 59.7 Å². The quantitative estimate of drug-likeness (QED) is 0.415. The minimum Gasteiger partial charge on any atom is -0.337 e. The molecule has 1 aliphatic rings. The Kier molecular flexibility index (Phi) is 3.82. The summed E-state index contributed by atoms with van der Waals surface area (Å²) in [5.41, 5.74) is 7.15. The first-order chi connectivity index (χ1) is 14.4. The number of aromatic nitrogens is 5. The number of para-hydroxylation sites is 1. The van der Waals surface area contributed by atoms with Crippen LogP contribution in [0.3, 0.4) is 0 Å². The van der Waals surface area contributed by atoms with Crippen molar-refractivity contribution in [2.75, 3.05) is 13.1 Å². The highest BCUT2D eigenvalue weighted by Crippen LogP contribution is 2.33. The normalized spacial score (nSPS) is 14.6. The van der Waals surface area contributed by atoms with Crippen molar-refractivity contribution in [1.82, 2.24) is 30.5 Å². The van der Waals surface area contributed by atoms with Crippen LogP contribution in [0.5, 0.6) is 0 Å². The molecule has 0 saturated carbocycles. The minimum atomic E-state index is 0.770. The molecule has 7 heteroatoms. The van der Waals surface area contributed by atoms with Crippen LogP contribution in [0.4, 0.5) is 0 Å². The highest BCUT2D eigenvalue weighted by molar-refractivity contribution is 7.13. The molecular weight excluding hydrogens is 380 g/mol. The number of nitrogens with one attached hydrogen (secondary N) is 3. The predicted molar refractivity (Wildman–Crippen MR) is 118 cm³/mol. The van der Waals surface area contributed by atoms with Gasteiger partial charge in [0.15, 0.2) is 5.82 Å². The number of pyridine rings is 1. The van der Waals surface area contributed by atoms with E-state index in [0.29, 0.717) is 0 Å². The Bertz CT molecular complexity index is 1360. The van der Waals surface area contributed by atoms with Gasteiger partial charge in [0.25, 0.3) is 0 Å². The maximum absolute atomic E-state index is 4.93. The third-order valence-electron chi connectivity index (χ3n) is 5.36. The molecule has 4 aromatic heterocycles. The Hall–Kier alpha value is -3.29. The minimum absolute atomic E-state index is 0.770. The Morgan fingerprint density at radius 1 is 1.07 bits per heavy atom. The van der Waals surface area contributed by atoms with Crippen molar-refractivity contribution in [2.24, 2.45) is 0 Å². The van der Waals surface area contributed by atoms with Gasteiger partial charge in [-0.3, -0.25) is 10.1 Å². The molecule has 0 fully saturated rings. The van der Waals surface area contributed by atoms with Crippen molar-refractivity contribution in [2.45, 2.75) is 6.42 Å². The molecule has 1 aromatic carbocycles. The van der Waals surface area contributed by atoms with Gasteiger partial charge in [-0.05, 0) is 42.1 Å². The second-order valence-electron chi connectivity index (χ2n) is 7.14. The van der Waals surface area contributed by atoms with Crippen LogP contribution in [0.15, 0.2) is 54.1 Å². The van der Waals surface area contributed by atoms with E-state index in [0.717, 1.165) is 64.2 Å². The number of hydrogen-bond acceptors (Lipinski definition) is 5. The largest absolute Gasteiger partial charge is 0.337 e. The average Bonchev–Trinajstić information content (AvgIpc) is 3.52. The topological polar surface area (TPSA) is 82.3 Å². The molecule has 142 valence electrons. The Morgan fingerprint density at radius 3 is 2.93 bits per heavy atom. The molecule has 6 nitrogen and oxygen atoms in total. The highest BCUT2D eigenvalue weighted by Gasteiger charge is 2.17. The van der Waals surface area contributed by atoms with Gasteiger partial charge in [-0.1, -0.05) is 24.3 Å². The standard InChI is InChI=1S/C22H18N6S/c1-3-14(19-5-2-10-29-19)20-16(4-1)25-22(26-20)21-15-11-17(13-6-8-23-9-7-13)24-12-18(15)27-28-21/h1-6,10-12,23H,7-9H2,(H,25,26)(H,27,28). The predicted octanol–water partition coefficient (Wildman–Crippen LogP) is 4.61. The zero-order valence-electron chi connectivity index (χ0n) is 15.6. The van der Waals surface area contributed by atoms with E-state index in [1.807, 2.05) is 6.20 Å². The molecule has 6 rings (SSSR count). The lowest BCUT2D eigenvalue weighted by Gasteiger charge is -2.13. The number of imidazole rings is 1. The van der Waals surface area contributed by atoms with Gasteiger partial charge in [0, 0.05) is 22.4 Å². The van der Waals surface area contributed by atoms with E-state index in [2.05, 4.69) is 73.3 Å². The van der Waals surface area contributed by atoms with Crippen LogP contribution in [0, 0.1) is 0 Å². The maximum atomic E-state index is 4.93. The summed E-state index contributed by atoms with van der Waals surface area (Å²) in [5.74, 6) is 0.770. The van der Waals surface area contributed by atoms with Gasteiger partial charge in [0.05, 0.1) is 28.4 Å². The molecule has 0 bridgehead atoms. The van der Waals surface area contributed by atoms with Crippen molar-refractivity contribution >= 4 is 38.8 Å². The number of H-pyrrole nitrogens is 2. The highest BCUT2D eigenvalue weighted by atomic mass is 32.1. The fourth-order valence-corrected chi connectivity index (χ4v) is 4.66. The van der Waals surface area contributed by atoms with Crippen molar-refractivity contribution in [3.63, 3.8) is 0 Å².